The lowest BCUT2D eigenvalue weighted by molar-refractivity contribution is 0.434. The zero-order valence-electron chi connectivity index (χ0n) is 24.8. The van der Waals surface area contributed by atoms with Gasteiger partial charge in [0.2, 0.25) is 0 Å². The third-order valence-electron chi connectivity index (χ3n) is 7.57. The van der Waals surface area contributed by atoms with Gasteiger partial charge in [-0.25, -0.2) is 3.63 Å². The summed E-state index contributed by atoms with van der Waals surface area (Å²) in [5.74, 6) is 4.12. The first-order chi connectivity index (χ1) is 17.3. The van der Waals surface area contributed by atoms with Gasteiger partial charge in [-0.2, -0.15) is 0 Å². The summed E-state index contributed by atoms with van der Waals surface area (Å²) in [5.41, 5.74) is 0. The van der Waals surface area contributed by atoms with Crippen LogP contribution in [0.4, 0.5) is 0 Å². The second-order valence-electron chi connectivity index (χ2n) is 11.2. The molecule has 0 N–H and O–H groups in total. The van der Waals surface area contributed by atoms with Crippen LogP contribution in [0.15, 0.2) is 0 Å². The molecule has 0 aromatic carbocycles. The van der Waals surface area contributed by atoms with E-state index in [4.69, 9.17) is 3.63 Å². The lowest BCUT2D eigenvalue weighted by Crippen LogP contribution is -2.06. The predicted molar refractivity (Wildman–Crippen MR) is 166 cm³/mol. The van der Waals surface area contributed by atoms with E-state index in [2.05, 4.69) is 27.7 Å². The molecule has 0 heterocycles. The Morgan fingerprint density at radius 1 is 0.371 bits per heavy atom. The van der Waals surface area contributed by atoms with Gasteiger partial charge in [-0.15, -0.1) is 0 Å². The van der Waals surface area contributed by atoms with E-state index in [0.29, 0.717) is 0 Å². The summed E-state index contributed by atoms with van der Waals surface area (Å²) in [6.07, 6.45) is 33.8. The molecule has 0 saturated heterocycles. The SMILES string of the molecule is CCCCCCCCC(CCCCCC)CSOSCC(CCCCCC)CCCCCCCC. The Balaban J connectivity index is 4.18. The molecule has 0 spiro atoms. The fraction of sp³-hybridized carbons (Fsp3) is 1.00. The van der Waals surface area contributed by atoms with Crippen molar-refractivity contribution in [2.75, 3.05) is 11.5 Å². The maximum atomic E-state index is 6.10. The summed E-state index contributed by atoms with van der Waals surface area (Å²) in [5, 5.41) is 0. The Kier molecular flexibility index (Phi) is 31.5. The van der Waals surface area contributed by atoms with E-state index < -0.39 is 0 Å². The van der Waals surface area contributed by atoms with Crippen LogP contribution in [0, 0.1) is 11.8 Å². The van der Waals surface area contributed by atoms with E-state index >= 15 is 0 Å². The molecular formula is C32H66OS2. The van der Waals surface area contributed by atoms with Gasteiger partial charge in [-0.1, -0.05) is 156 Å². The minimum absolute atomic E-state index is 0.858. The maximum absolute atomic E-state index is 6.10. The third-order valence-corrected chi connectivity index (χ3v) is 9.55. The molecular weight excluding hydrogens is 464 g/mol. The highest BCUT2D eigenvalue weighted by molar-refractivity contribution is 8.07. The van der Waals surface area contributed by atoms with Crippen molar-refractivity contribution in [1.82, 2.24) is 0 Å². The molecule has 0 aliphatic heterocycles. The third kappa shape index (κ3) is 27.5. The van der Waals surface area contributed by atoms with Crippen LogP contribution in [0.3, 0.4) is 0 Å². The predicted octanol–water partition coefficient (Wildman–Crippen LogP) is 13.0. The van der Waals surface area contributed by atoms with Crippen LogP contribution in [0.2, 0.25) is 0 Å². The van der Waals surface area contributed by atoms with Crippen LogP contribution in [-0.2, 0) is 3.63 Å². The van der Waals surface area contributed by atoms with Crippen LogP contribution < -0.4 is 0 Å². The molecule has 3 heteroatoms. The van der Waals surface area contributed by atoms with Gasteiger partial charge in [0, 0.05) is 35.6 Å². The van der Waals surface area contributed by atoms with Gasteiger partial charge in [0.15, 0.2) is 0 Å². The van der Waals surface area contributed by atoms with Crippen molar-refractivity contribution >= 4 is 24.1 Å². The molecule has 0 amide bonds. The number of unbranched alkanes of at least 4 members (excludes halogenated alkanes) is 16. The van der Waals surface area contributed by atoms with Gasteiger partial charge in [0.25, 0.3) is 0 Å². The van der Waals surface area contributed by atoms with Crippen molar-refractivity contribution in [3.05, 3.63) is 0 Å². The Hall–Kier alpha value is 0.660. The lowest BCUT2D eigenvalue weighted by Gasteiger charge is -2.18. The first-order valence-corrected chi connectivity index (χ1v) is 18.0. The molecule has 0 fully saturated rings. The quantitative estimate of drug-likeness (QED) is 0.0675. The molecule has 212 valence electrons. The molecule has 35 heavy (non-hydrogen) atoms. The Bertz CT molecular complexity index is 343. The average Bonchev–Trinajstić information content (AvgIpc) is 2.87. The first kappa shape index (κ1) is 35.7. The van der Waals surface area contributed by atoms with Crippen molar-refractivity contribution in [2.45, 2.75) is 182 Å². The van der Waals surface area contributed by atoms with Crippen molar-refractivity contribution in [3.63, 3.8) is 0 Å². The second-order valence-corrected chi connectivity index (χ2v) is 12.9. The van der Waals surface area contributed by atoms with Gasteiger partial charge in [-0.3, -0.25) is 0 Å². The molecule has 1 nitrogen and oxygen atoms in total. The Labute approximate surface area is 232 Å². The minimum atomic E-state index is 0.858. The molecule has 2 atom stereocenters. The van der Waals surface area contributed by atoms with Crippen LogP contribution in [0.25, 0.3) is 0 Å². The fourth-order valence-corrected chi connectivity index (χ4v) is 6.82. The molecule has 0 saturated carbocycles. The van der Waals surface area contributed by atoms with E-state index in [-0.39, 0.29) is 0 Å². The standard InChI is InChI=1S/C32H66OS2/c1-5-9-13-17-19-23-27-31(25-21-15-11-7-3)29-34-33-35-30-32(26-22-16-12-8-4)28-24-20-18-14-10-6-2/h31-32H,5-30H2,1-4H3. The molecule has 0 aromatic rings. The maximum Gasteiger partial charge on any atom is 0.0238 e. The monoisotopic (exact) mass is 530 g/mol. The topological polar surface area (TPSA) is 9.23 Å². The molecule has 0 aromatic heterocycles. The lowest BCUT2D eigenvalue weighted by atomic mass is 9.96. The minimum Gasteiger partial charge on any atom is -0.247 e. The van der Waals surface area contributed by atoms with E-state index in [9.17, 15) is 0 Å². The van der Waals surface area contributed by atoms with Crippen LogP contribution in [0.1, 0.15) is 182 Å². The van der Waals surface area contributed by atoms with Gasteiger partial charge < -0.3 is 0 Å². The number of hydrogen-bond donors (Lipinski definition) is 0. The van der Waals surface area contributed by atoms with E-state index in [1.807, 2.05) is 0 Å². The number of hydrogen-bond acceptors (Lipinski definition) is 3. The first-order valence-electron chi connectivity index (χ1n) is 16.2. The van der Waals surface area contributed by atoms with Crippen molar-refractivity contribution in [3.8, 4) is 0 Å². The van der Waals surface area contributed by atoms with Crippen molar-refractivity contribution in [2.24, 2.45) is 11.8 Å². The number of rotatable bonds is 30. The van der Waals surface area contributed by atoms with Crippen molar-refractivity contribution in [1.29, 1.82) is 0 Å². The molecule has 0 radical (unpaired) electrons. The summed E-state index contributed by atoms with van der Waals surface area (Å²) < 4.78 is 6.10. The van der Waals surface area contributed by atoms with Crippen molar-refractivity contribution < 1.29 is 3.63 Å². The van der Waals surface area contributed by atoms with Crippen LogP contribution in [0.5, 0.6) is 0 Å². The van der Waals surface area contributed by atoms with Gasteiger partial charge in [0.05, 0.1) is 0 Å². The van der Waals surface area contributed by atoms with Crippen LogP contribution in [-0.4, -0.2) is 11.5 Å². The van der Waals surface area contributed by atoms with Gasteiger partial charge >= 0.3 is 0 Å². The molecule has 2 unspecified atom stereocenters. The zero-order valence-corrected chi connectivity index (χ0v) is 26.4. The summed E-state index contributed by atoms with van der Waals surface area (Å²) in [6.45, 7) is 9.26. The molecule has 0 rings (SSSR count). The van der Waals surface area contributed by atoms with Gasteiger partial charge in [0.1, 0.15) is 0 Å². The Morgan fingerprint density at radius 2 is 0.629 bits per heavy atom. The highest BCUT2D eigenvalue weighted by Crippen LogP contribution is 2.29. The van der Waals surface area contributed by atoms with E-state index in [1.54, 1.807) is 24.1 Å². The summed E-state index contributed by atoms with van der Waals surface area (Å²) in [6, 6.07) is 0. The Morgan fingerprint density at radius 3 is 0.943 bits per heavy atom. The highest BCUT2D eigenvalue weighted by Gasteiger charge is 2.12. The fourth-order valence-electron chi connectivity index (χ4n) is 5.05. The van der Waals surface area contributed by atoms with Gasteiger partial charge in [-0.05, 0) is 37.5 Å². The summed E-state index contributed by atoms with van der Waals surface area (Å²) in [4.78, 5) is 0. The van der Waals surface area contributed by atoms with Crippen LogP contribution >= 0.6 is 24.1 Å². The largest absolute Gasteiger partial charge is 0.247 e. The van der Waals surface area contributed by atoms with E-state index in [1.165, 1.54) is 166 Å². The smallest absolute Gasteiger partial charge is 0.0238 e. The zero-order chi connectivity index (χ0) is 25.7. The highest BCUT2D eigenvalue weighted by atomic mass is 32.2. The summed E-state index contributed by atoms with van der Waals surface area (Å²) >= 11 is 3.54. The summed E-state index contributed by atoms with van der Waals surface area (Å²) in [7, 11) is 0. The molecule has 0 bridgehead atoms. The van der Waals surface area contributed by atoms with E-state index in [0.717, 1.165) is 11.8 Å². The average molecular weight is 531 g/mol. The molecule has 0 aliphatic carbocycles. The normalized spacial score (nSPS) is 13.4. The second kappa shape index (κ2) is 30.9. The molecule has 0 aliphatic rings.